The van der Waals surface area contributed by atoms with Crippen LogP contribution < -0.4 is 0 Å². The van der Waals surface area contributed by atoms with Gasteiger partial charge in [-0.1, -0.05) is 16.9 Å². The Labute approximate surface area is 91.6 Å². The van der Waals surface area contributed by atoms with E-state index in [2.05, 4.69) is 9.99 Å². The number of imide groups is 1. The van der Waals surface area contributed by atoms with Gasteiger partial charge in [0.1, 0.15) is 11.1 Å². The Bertz CT molecular complexity index is 305. The minimum atomic E-state index is -0.797. The molecular weight excluding hydrogens is 220 g/mol. The summed E-state index contributed by atoms with van der Waals surface area (Å²) in [6.07, 6.45) is -0.958. The predicted molar refractivity (Wildman–Crippen MR) is 55.4 cm³/mol. The molecule has 0 aromatic heterocycles. The fraction of sp³-hybridized carbons (Fsp3) is 0.625. The quantitative estimate of drug-likeness (QED) is 0.499. The topological polar surface area (TPSA) is 68.2 Å². The number of carbonyl (C=O) groups is 2. The van der Waals surface area contributed by atoms with Gasteiger partial charge < -0.3 is 4.74 Å². The minimum Gasteiger partial charge on any atom is -0.361 e. The third-order valence-electron chi connectivity index (χ3n) is 1.83. The standard InChI is InChI=1S/C8H12N2O4S/c1-5-7(15-4-13-5)9-14-8(12)10(3)6(2)11/h5H,4H2,1-3H3. The van der Waals surface area contributed by atoms with Crippen LogP contribution in [0.5, 0.6) is 0 Å². The van der Waals surface area contributed by atoms with Gasteiger partial charge in [-0.2, -0.15) is 0 Å². The van der Waals surface area contributed by atoms with E-state index in [1.807, 2.05) is 0 Å². The van der Waals surface area contributed by atoms with E-state index in [-0.39, 0.29) is 6.10 Å². The SMILES string of the molecule is CC(=O)N(C)C(=O)ON=C1SCOC1C. The second-order valence-electron chi connectivity index (χ2n) is 2.94. The molecule has 1 fully saturated rings. The lowest BCUT2D eigenvalue weighted by atomic mass is 10.4. The first-order valence-electron chi connectivity index (χ1n) is 4.30. The van der Waals surface area contributed by atoms with Crippen LogP contribution in [0, 0.1) is 0 Å². The molecule has 0 N–H and O–H groups in total. The molecule has 0 aromatic rings. The van der Waals surface area contributed by atoms with Crippen LogP contribution in [0.3, 0.4) is 0 Å². The first-order valence-corrected chi connectivity index (χ1v) is 5.28. The van der Waals surface area contributed by atoms with E-state index in [0.29, 0.717) is 11.0 Å². The number of nitrogens with zero attached hydrogens (tertiary/aromatic N) is 2. The maximum absolute atomic E-state index is 11.2. The van der Waals surface area contributed by atoms with E-state index in [4.69, 9.17) is 4.74 Å². The molecule has 0 aliphatic carbocycles. The highest BCUT2D eigenvalue weighted by Gasteiger charge is 2.21. The van der Waals surface area contributed by atoms with Crippen molar-refractivity contribution in [2.75, 3.05) is 13.0 Å². The van der Waals surface area contributed by atoms with Gasteiger partial charge in [-0.15, -0.1) is 0 Å². The minimum absolute atomic E-state index is 0.162. The Kier molecular flexibility index (Phi) is 4.10. The number of rotatable bonds is 1. The van der Waals surface area contributed by atoms with Crippen LogP contribution in [0.25, 0.3) is 0 Å². The van der Waals surface area contributed by atoms with Crippen molar-refractivity contribution in [2.45, 2.75) is 20.0 Å². The summed E-state index contributed by atoms with van der Waals surface area (Å²) < 4.78 is 5.17. The van der Waals surface area contributed by atoms with Crippen LogP contribution in [-0.4, -0.2) is 41.0 Å². The number of hydrogen-bond donors (Lipinski definition) is 0. The highest BCUT2D eigenvalue weighted by Crippen LogP contribution is 2.20. The van der Waals surface area contributed by atoms with E-state index in [1.165, 1.54) is 25.7 Å². The predicted octanol–water partition coefficient (Wildman–Crippen LogP) is 1.02. The van der Waals surface area contributed by atoms with Gasteiger partial charge in [0, 0.05) is 14.0 Å². The zero-order chi connectivity index (χ0) is 11.4. The molecule has 1 unspecified atom stereocenters. The fourth-order valence-electron chi connectivity index (χ4n) is 0.759. The van der Waals surface area contributed by atoms with E-state index in [1.54, 1.807) is 6.92 Å². The van der Waals surface area contributed by atoms with Gasteiger partial charge >= 0.3 is 6.09 Å². The summed E-state index contributed by atoms with van der Waals surface area (Å²) in [5.74, 6) is 0.101. The molecule has 1 rings (SSSR count). The van der Waals surface area contributed by atoms with E-state index in [0.717, 1.165) is 4.90 Å². The van der Waals surface area contributed by atoms with Gasteiger partial charge in [-0.05, 0) is 6.92 Å². The molecule has 0 saturated carbocycles. The largest absolute Gasteiger partial charge is 0.442 e. The van der Waals surface area contributed by atoms with Crippen molar-refractivity contribution in [1.82, 2.24) is 4.90 Å². The summed E-state index contributed by atoms with van der Waals surface area (Å²) in [5, 5.41) is 4.22. The van der Waals surface area contributed by atoms with Crippen molar-refractivity contribution in [3.8, 4) is 0 Å². The number of thioether (sulfide) groups is 1. The normalized spacial score (nSPS) is 22.9. The van der Waals surface area contributed by atoms with Crippen LogP contribution in [0.15, 0.2) is 5.16 Å². The summed E-state index contributed by atoms with van der Waals surface area (Å²) in [5.41, 5.74) is 0. The third-order valence-corrected chi connectivity index (χ3v) is 2.79. The third kappa shape index (κ3) is 3.21. The molecule has 15 heavy (non-hydrogen) atoms. The van der Waals surface area contributed by atoms with Gasteiger partial charge in [-0.3, -0.25) is 9.63 Å². The van der Waals surface area contributed by atoms with Gasteiger partial charge in [0.15, 0.2) is 0 Å². The van der Waals surface area contributed by atoms with Crippen LogP contribution >= 0.6 is 11.8 Å². The highest BCUT2D eigenvalue weighted by atomic mass is 32.2. The smallest absolute Gasteiger partial charge is 0.361 e. The van der Waals surface area contributed by atoms with E-state index < -0.39 is 12.0 Å². The van der Waals surface area contributed by atoms with Crippen molar-refractivity contribution >= 4 is 28.8 Å². The van der Waals surface area contributed by atoms with Gasteiger partial charge in [0.25, 0.3) is 0 Å². The molecule has 1 saturated heterocycles. The Morgan fingerprint density at radius 1 is 1.67 bits per heavy atom. The zero-order valence-electron chi connectivity index (χ0n) is 8.72. The second-order valence-corrected chi connectivity index (χ2v) is 3.88. The van der Waals surface area contributed by atoms with Crippen molar-refractivity contribution in [2.24, 2.45) is 5.16 Å². The molecule has 0 aromatic carbocycles. The number of amides is 2. The molecule has 0 radical (unpaired) electrons. The Morgan fingerprint density at radius 3 is 2.80 bits per heavy atom. The summed E-state index contributed by atoms with van der Waals surface area (Å²) in [4.78, 5) is 27.4. The monoisotopic (exact) mass is 232 g/mol. The summed E-state index contributed by atoms with van der Waals surface area (Å²) in [6, 6.07) is 0. The van der Waals surface area contributed by atoms with Crippen LogP contribution in [-0.2, 0) is 14.4 Å². The molecule has 0 bridgehead atoms. The van der Waals surface area contributed by atoms with Gasteiger partial charge in [0.2, 0.25) is 5.91 Å². The van der Waals surface area contributed by atoms with Crippen LogP contribution in [0.1, 0.15) is 13.8 Å². The second kappa shape index (κ2) is 5.13. The van der Waals surface area contributed by atoms with E-state index >= 15 is 0 Å². The molecule has 2 amide bonds. The molecule has 84 valence electrons. The summed E-state index contributed by atoms with van der Waals surface area (Å²) >= 11 is 1.36. The average molecular weight is 232 g/mol. The number of oxime groups is 1. The summed E-state index contributed by atoms with van der Waals surface area (Å²) in [7, 11) is 1.33. The lowest BCUT2D eigenvalue weighted by Crippen LogP contribution is -2.30. The van der Waals surface area contributed by atoms with Crippen molar-refractivity contribution < 1.29 is 19.2 Å². The first-order chi connectivity index (χ1) is 7.02. The maximum Gasteiger partial charge on any atom is 0.442 e. The van der Waals surface area contributed by atoms with Crippen molar-refractivity contribution in [3.63, 3.8) is 0 Å². The maximum atomic E-state index is 11.2. The van der Waals surface area contributed by atoms with Crippen LogP contribution in [0.4, 0.5) is 4.79 Å². The van der Waals surface area contributed by atoms with Crippen molar-refractivity contribution in [3.05, 3.63) is 0 Å². The molecule has 0 spiro atoms. The Balaban J connectivity index is 2.49. The fourth-order valence-corrected chi connectivity index (χ4v) is 1.55. The first kappa shape index (κ1) is 12.0. The van der Waals surface area contributed by atoms with Crippen LogP contribution in [0.2, 0.25) is 0 Å². The van der Waals surface area contributed by atoms with E-state index in [9.17, 15) is 9.59 Å². The Hall–Kier alpha value is -1.08. The van der Waals surface area contributed by atoms with Gasteiger partial charge in [0.05, 0.1) is 5.94 Å². The zero-order valence-corrected chi connectivity index (χ0v) is 9.54. The molecule has 1 heterocycles. The molecule has 6 nitrogen and oxygen atoms in total. The Morgan fingerprint density at radius 2 is 2.33 bits per heavy atom. The molecule has 7 heteroatoms. The highest BCUT2D eigenvalue weighted by molar-refractivity contribution is 8.14. The lowest BCUT2D eigenvalue weighted by molar-refractivity contribution is -0.126. The number of hydrogen-bond acceptors (Lipinski definition) is 6. The molecular formula is C8H12N2O4S. The average Bonchev–Trinajstić information content (AvgIpc) is 2.59. The van der Waals surface area contributed by atoms with Gasteiger partial charge in [-0.25, -0.2) is 9.69 Å². The molecule has 1 aliphatic rings. The number of ether oxygens (including phenoxy) is 1. The lowest BCUT2D eigenvalue weighted by Gasteiger charge is -2.09. The number of carbonyl (C=O) groups excluding carboxylic acids is 2. The molecule has 1 aliphatic heterocycles. The summed E-state index contributed by atoms with van der Waals surface area (Å²) in [6.45, 7) is 3.08. The van der Waals surface area contributed by atoms with Crippen molar-refractivity contribution in [1.29, 1.82) is 0 Å². The molecule has 1 atom stereocenters.